The van der Waals surface area contributed by atoms with Crippen LogP contribution in [0.3, 0.4) is 0 Å². The van der Waals surface area contributed by atoms with E-state index < -0.39 is 0 Å². The lowest BCUT2D eigenvalue weighted by molar-refractivity contribution is -0.132. The zero-order chi connectivity index (χ0) is 14.5. The number of ether oxygens (including phenoxy) is 1. The van der Waals surface area contributed by atoms with Crippen molar-refractivity contribution in [1.82, 2.24) is 4.90 Å². The van der Waals surface area contributed by atoms with Crippen LogP contribution in [0.1, 0.15) is 39.2 Å². The monoisotopic (exact) mass is 275 g/mol. The van der Waals surface area contributed by atoms with Gasteiger partial charge in [-0.2, -0.15) is 0 Å². The molecule has 1 aromatic rings. The summed E-state index contributed by atoms with van der Waals surface area (Å²) in [7, 11) is 0. The molecule has 0 saturated carbocycles. The number of likely N-dealkylation sites (tertiary alicyclic amines) is 1. The third kappa shape index (κ3) is 3.53. The molecule has 0 aromatic heterocycles. The van der Waals surface area contributed by atoms with Gasteiger partial charge in [-0.25, -0.2) is 0 Å². The summed E-state index contributed by atoms with van der Waals surface area (Å²) in [6, 6.07) is 8.28. The highest BCUT2D eigenvalue weighted by atomic mass is 16.5. The highest BCUT2D eigenvalue weighted by molar-refractivity contribution is 5.79. The van der Waals surface area contributed by atoms with Crippen LogP contribution >= 0.6 is 0 Å². The second-order valence-electron chi connectivity index (χ2n) is 5.79. The molecule has 2 rings (SSSR count). The Hall–Kier alpha value is -1.51. The van der Waals surface area contributed by atoms with Crippen molar-refractivity contribution in [3.63, 3.8) is 0 Å². The predicted octanol–water partition coefficient (Wildman–Crippen LogP) is 3.27. The van der Waals surface area contributed by atoms with Gasteiger partial charge in [0.1, 0.15) is 5.75 Å². The molecule has 1 aromatic carbocycles. The minimum Gasteiger partial charge on any atom is -0.494 e. The van der Waals surface area contributed by atoms with Gasteiger partial charge in [0.2, 0.25) is 5.91 Å². The zero-order valence-electron chi connectivity index (χ0n) is 12.8. The molecule has 20 heavy (non-hydrogen) atoms. The van der Waals surface area contributed by atoms with Crippen LogP contribution in [0, 0.1) is 5.92 Å². The average molecular weight is 275 g/mol. The zero-order valence-corrected chi connectivity index (χ0v) is 12.8. The number of carbonyl (C=O) groups is 1. The molecule has 1 fully saturated rings. The van der Waals surface area contributed by atoms with Gasteiger partial charge in [-0.05, 0) is 43.4 Å². The SMILES string of the molecule is CCOc1ccc(CC(=O)N2CCCC2C(C)C)cc1. The summed E-state index contributed by atoms with van der Waals surface area (Å²) in [5.41, 5.74) is 1.06. The summed E-state index contributed by atoms with van der Waals surface area (Å²) in [5, 5.41) is 0. The van der Waals surface area contributed by atoms with Crippen molar-refractivity contribution in [2.24, 2.45) is 5.92 Å². The maximum absolute atomic E-state index is 12.4. The van der Waals surface area contributed by atoms with E-state index in [4.69, 9.17) is 4.74 Å². The van der Waals surface area contributed by atoms with Crippen LogP contribution in [-0.2, 0) is 11.2 Å². The van der Waals surface area contributed by atoms with Gasteiger partial charge >= 0.3 is 0 Å². The van der Waals surface area contributed by atoms with Crippen molar-refractivity contribution >= 4 is 5.91 Å². The van der Waals surface area contributed by atoms with E-state index in [0.29, 0.717) is 25.0 Å². The van der Waals surface area contributed by atoms with E-state index in [0.717, 1.165) is 30.7 Å². The van der Waals surface area contributed by atoms with E-state index in [1.165, 1.54) is 0 Å². The summed E-state index contributed by atoms with van der Waals surface area (Å²) < 4.78 is 5.42. The van der Waals surface area contributed by atoms with Crippen molar-refractivity contribution < 1.29 is 9.53 Å². The lowest BCUT2D eigenvalue weighted by Gasteiger charge is -2.27. The normalized spacial score (nSPS) is 18.6. The molecule has 110 valence electrons. The fourth-order valence-electron chi connectivity index (χ4n) is 2.94. The molecule has 1 atom stereocenters. The number of nitrogens with zero attached hydrogens (tertiary/aromatic N) is 1. The van der Waals surface area contributed by atoms with Crippen molar-refractivity contribution in [2.45, 2.75) is 46.1 Å². The highest BCUT2D eigenvalue weighted by Crippen LogP contribution is 2.24. The smallest absolute Gasteiger partial charge is 0.227 e. The minimum absolute atomic E-state index is 0.255. The van der Waals surface area contributed by atoms with Crippen molar-refractivity contribution in [3.8, 4) is 5.75 Å². The topological polar surface area (TPSA) is 29.5 Å². The van der Waals surface area contributed by atoms with Crippen LogP contribution in [0.25, 0.3) is 0 Å². The van der Waals surface area contributed by atoms with Crippen molar-refractivity contribution in [1.29, 1.82) is 0 Å². The van der Waals surface area contributed by atoms with Gasteiger partial charge < -0.3 is 9.64 Å². The highest BCUT2D eigenvalue weighted by Gasteiger charge is 2.30. The first-order valence-electron chi connectivity index (χ1n) is 7.63. The number of benzene rings is 1. The van der Waals surface area contributed by atoms with Crippen LogP contribution in [0.5, 0.6) is 5.75 Å². The number of carbonyl (C=O) groups excluding carboxylic acids is 1. The number of hydrogen-bond donors (Lipinski definition) is 0. The fraction of sp³-hybridized carbons (Fsp3) is 0.588. The molecule has 0 aliphatic carbocycles. The number of amides is 1. The molecule has 0 radical (unpaired) electrons. The summed E-state index contributed by atoms with van der Waals surface area (Å²) in [6.45, 7) is 7.96. The largest absolute Gasteiger partial charge is 0.494 e. The van der Waals surface area contributed by atoms with E-state index in [-0.39, 0.29) is 5.91 Å². The molecular weight excluding hydrogens is 250 g/mol. The molecule has 1 amide bonds. The molecule has 1 saturated heterocycles. The van der Waals surface area contributed by atoms with Gasteiger partial charge in [0.15, 0.2) is 0 Å². The average Bonchev–Trinajstić information content (AvgIpc) is 2.91. The van der Waals surface area contributed by atoms with Crippen LogP contribution in [0.15, 0.2) is 24.3 Å². The van der Waals surface area contributed by atoms with Crippen molar-refractivity contribution in [3.05, 3.63) is 29.8 Å². The standard InChI is InChI=1S/C17H25NO2/c1-4-20-15-9-7-14(8-10-15)12-17(19)18-11-5-6-16(18)13(2)3/h7-10,13,16H,4-6,11-12H2,1-3H3. The third-order valence-electron chi connectivity index (χ3n) is 3.98. The molecule has 1 unspecified atom stereocenters. The van der Waals surface area contributed by atoms with E-state index in [1.54, 1.807) is 0 Å². The minimum atomic E-state index is 0.255. The van der Waals surface area contributed by atoms with Gasteiger partial charge in [0.25, 0.3) is 0 Å². The van der Waals surface area contributed by atoms with Gasteiger partial charge in [-0.15, -0.1) is 0 Å². The first-order chi connectivity index (χ1) is 9.61. The first-order valence-corrected chi connectivity index (χ1v) is 7.63. The molecule has 0 bridgehead atoms. The Morgan fingerprint density at radius 1 is 1.35 bits per heavy atom. The van der Waals surface area contributed by atoms with E-state index in [1.807, 2.05) is 31.2 Å². The molecule has 1 aliphatic heterocycles. The Bertz CT molecular complexity index is 439. The molecular formula is C17H25NO2. The van der Waals surface area contributed by atoms with Crippen LogP contribution in [-0.4, -0.2) is 30.0 Å². The van der Waals surface area contributed by atoms with Crippen LogP contribution < -0.4 is 4.74 Å². The Morgan fingerprint density at radius 3 is 2.65 bits per heavy atom. The Labute approximate surface area is 121 Å². The van der Waals surface area contributed by atoms with E-state index >= 15 is 0 Å². The number of hydrogen-bond acceptors (Lipinski definition) is 2. The van der Waals surface area contributed by atoms with Crippen LogP contribution in [0.4, 0.5) is 0 Å². The summed E-state index contributed by atoms with van der Waals surface area (Å²) >= 11 is 0. The Kier molecular flexibility index (Phi) is 5.05. The van der Waals surface area contributed by atoms with E-state index in [2.05, 4.69) is 18.7 Å². The first kappa shape index (κ1) is 14.9. The quantitative estimate of drug-likeness (QED) is 0.825. The summed E-state index contributed by atoms with van der Waals surface area (Å²) in [6.07, 6.45) is 2.78. The second kappa shape index (κ2) is 6.78. The maximum atomic E-state index is 12.4. The lowest BCUT2D eigenvalue weighted by Crippen LogP contribution is -2.39. The lowest BCUT2D eigenvalue weighted by atomic mass is 10.0. The van der Waals surface area contributed by atoms with Gasteiger partial charge in [0.05, 0.1) is 13.0 Å². The Balaban J connectivity index is 1.97. The number of rotatable bonds is 5. The molecule has 0 N–H and O–H groups in total. The molecule has 0 spiro atoms. The predicted molar refractivity (Wildman–Crippen MR) is 80.9 cm³/mol. The van der Waals surface area contributed by atoms with Crippen molar-refractivity contribution in [2.75, 3.05) is 13.2 Å². The summed E-state index contributed by atoms with van der Waals surface area (Å²) in [4.78, 5) is 14.5. The molecule has 3 heteroatoms. The summed E-state index contributed by atoms with van der Waals surface area (Å²) in [5.74, 6) is 1.66. The molecule has 1 aliphatic rings. The third-order valence-corrected chi connectivity index (χ3v) is 3.98. The molecule has 1 heterocycles. The van der Waals surface area contributed by atoms with Gasteiger partial charge in [-0.3, -0.25) is 4.79 Å². The second-order valence-corrected chi connectivity index (χ2v) is 5.79. The Morgan fingerprint density at radius 2 is 2.05 bits per heavy atom. The van der Waals surface area contributed by atoms with Gasteiger partial charge in [-0.1, -0.05) is 26.0 Å². The van der Waals surface area contributed by atoms with E-state index in [9.17, 15) is 4.79 Å². The molecule has 3 nitrogen and oxygen atoms in total. The maximum Gasteiger partial charge on any atom is 0.227 e. The fourth-order valence-corrected chi connectivity index (χ4v) is 2.94. The van der Waals surface area contributed by atoms with Gasteiger partial charge in [0, 0.05) is 12.6 Å². The van der Waals surface area contributed by atoms with Crippen LogP contribution in [0.2, 0.25) is 0 Å².